The fraction of sp³-hybridized carbons (Fsp3) is 0.769. The summed E-state index contributed by atoms with van der Waals surface area (Å²) in [4.78, 5) is 13.1. The Hall–Kier alpha value is -0.870. The predicted molar refractivity (Wildman–Crippen MR) is 68.4 cm³/mol. The largest absolute Gasteiger partial charge is 0.392 e. The number of carbonyl (C=O) groups excluding carboxylic acids is 1. The molecule has 1 fully saturated rings. The number of likely N-dealkylation sites (tertiary alicyclic amines) is 1. The average molecular weight is 240 g/mol. The molecule has 4 heteroatoms. The molecule has 1 heterocycles. The van der Waals surface area contributed by atoms with Gasteiger partial charge in [-0.15, -0.1) is 6.58 Å². The van der Waals surface area contributed by atoms with Crippen LogP contribution in [0.2, 0.25) is 0 Å². The smallest absolute Gasteiger partial charge is 0.217 e. The first kappa shape index (κ1) is 14.2. The SMILES string of the molecule is C=CCCC(O)CN1CCCC(CC(N)=O)C1. The maximum Gasteiger partial charge on any atom is 0.217 e. The van der Waals surface area contributed by atoms with E-state index in [-0.39, 0.29) is 12.0 Å². The van der Waals surface area contributed by atoms with E-state index in [1.165, 1.54) is 0 Å². The summed E-state index contributed by atoms with van der Waals surface area (Å²) in [5.41, 5.74) is 5.22. The first-order valence-corrected chi connectivity index (χ1v) is 6.41. The highest BCUT2D eigenvalue weighted by Gasteiger charge is 2.22. The second-order valence-corrected chi connectivity index (χ2v) is 4.96. The van der Waals surface area contributed by atoms with Crippen LogP contribution < -0.4 is 5.73 Å². The van der Waals surface area contributed by atoms with Gasteiger partial charge in [-0.3, -0.25) is 4.79 Å². The van der Waals surface area contributed by atoms with E-state index in [4.69, 9.17) is 5.73 Å². The van der Waals surface area contributed by atoms with Gasteiger partial charge >= 0.3 is 0 Å². The lowest BCUT2D eigenvalue weighted by atomic mass is 9.94. The monoisotopic (exact) mass is 240 g/mol. The van der Waals surface area contributed by atoms with E-state index >= 15 is 0 Å². The minimum Gasteiger partial charge on any atom is -0.392 e. The van der Waals surface area contributed by atoms with Crippen LogP contribution >= 0.6 is 0 Å². The summed E-state index contributed by atoms with van der Waals surface area (Å²) in [5.74, 6) is 0.150. The lowest BCUT2D eigenvalue weighted by Gasteiger charge is -2.33. The molecule has 98 valence electrons. The van der Waals surface area contributed by atoms with Gasteiger partial charge in [0.2, 0.25) is 5.91 Å². The van der Waals surface area contributed by atoms with Crippen molar-refractivity contribution in [2.45, 2.75) is 38.2 Å². The fourth-order valence-electron chi connectivity index (χ4n) is 2.47. The highest BCUT2D eigenvalue weighted by molar-refractivity contribution is 5.74. The topological polar surface area (TPSA) is 66.6 Å². The predicted octanol–water partition coefficient (Wildman–Crippen LogP) is 0.901. The molecule has 0 aromatic rings. The van der Waals surface area contributed by atoms with Gasteiger partial charge in [0, 0.05) is 19.5 Å². The molecule has 0 spiro atoms. The summed E-state index contributed by atoms with van der Waals surface area (Å²) >= 11 is 0. The van der Waals surface area contributed by atoms with Gasteiger partial charge in [0.1, 0.15) is 0 Å². The Morgan fingerprint density at radius 3 is 3.06 bits per heavy atom. The van der Waals surface area contributed by atoms with Crippen molar-refractivity contribution in [1.82, 2.24) is 4.90 Å². The van der Waals surface area contributed by atoms with Crippen LogP contribution in [0.3, 0.4) is 0 Å². The molecule has 2 atom stereocenters. The number of piperidine rings is 1. The van der Waals surface area contributed by atoms with Gasteiger partial charge in [-0.05, 0) is 38.1 Å². The molecular weight excluding hydrogens is 216 g/mol. The number of nitrogens with two attached hydrogens (primary N) is 1. The Morgan fingerprint density at radius 2 is 2.41 bits per heavy atom. The lowest BCUT2D eigenvalue weighted by molar-refractivity contribution is -0.119. The van der Waals surface area contributed by atoms with Crippen LogP contribution in [-0.2, 0) is 4.79 Å². The van der Waals surface area contributed by atoms with Crippen molar-refractivity contribution in [2.24, 2.45) is 11.7 Å². The second-order valence-electron chi connectivity index (χ2n) is 4.96. The van der Waals surface area contributed by atoms with E-state index in [9.17, 15) is 9.90 Å². The molecule has 0 aliphatic carbocycles. The molecule has 1 amide bonds. The Kier molecular flexibility index (Phi) is 6.22. The van der Waals surface area contributed by atoms with Gasteiger partial charge in [-0.1, -0.05) is 6.08 Å². The van der Waals surface area contributed by atoms with Gasteiger partial charge in [0.15, 0.2) is 0 Å². The normalized spacial score (nSPS) is 23.2. The number of β-amino-alcohol motifs (C(OH)–C–C–N with tert-alkyl or cyclic N) is 1. The number of hydrogen-bond donors (Lipinski definition) is 2. The van der Waals surface area contributed by atoms with E-state index in [0.717, 1.165) is 38.8 Å². The third kappa shape index (κ3) is 5.84. The number of aliphatic hydroxyl groups excluding tert-OH is 1. The first-order valence-electron chi connectivity index (χ1n) is 6.41. The number of rotatable bonds is 7. The third-order valence-electron chi connectivity index (χ3n) is 3.27. The van der Waals surface area contributed by atoms with E-state index < -0.39 is 0 Å². The van der Waals surface area contributed by atoms with Gasteiger partial charge < -0.3 is 15.7 Å². The summed E-state index contributed by atoms with van der Waals surface area (Å²) in [7, 11) is 0. The van der Waals surface area contributed by atoms with Crippen molar-refractivity contribution in [2.75, 3.05) is 19.6 Å². The van der Waals surface area contributed by atoms with Crippen LogP contribution in [0, 0.1) is 5.92 Å². The Labute approximate surface area is 103 Å². The molecule has 4 nitrogen and oxygen atoms in total. The van der Waals surface area contributed by atoms with Gasteiger partial charge in [-0.25, -0.2) is 0 Å². The number of hydrogen-bond acceptors (Lipinski definition) is 3. The number of carbonyl (C=O) groups is 1. The van der Waals surface area contributed by atoms with Crippen molar-refractivity contribution in [1.29, 1.82) is 0 Å². The molecule has 17 heavy (non-hydrogen) atoms. The summed E-state index contributed by atoms with van der Waals surface area (Å²) in [6, 6.07) is 0. The molecule has 0 bridgehead atoms. The maximum absolute atomic E-state index is 10.9. The van der Waals surface area contributed by atoms with Gasteiger partial charge in [-0.2, -0.15) is 0 Å². The number of primary amides is 1. The van der Waals surface area contributed by atoms with Crippen LogP contribution in [0.1, 0.15) is 32.1 Å². The quantitative estimate of drug-likeness (QED) is 0.650. The molecule has 1 saturated heterocycles. The van der Waals surface area contributed by atoms with E-state index in [1.54, 1.807) is 0 Å². The van der Waals surface area contributed by atoms with Crippen LogP contribution in [-0.4, -0.2) is 41.7 Å². The van der Waals surface area contributed by atoms with E-state index in [0.29, 0.717) is 18.9 Å². The van der Waals surface area contributed by atoms with Crippen molar-refractivity contribution in [3.05, 3.63) is 12.7 Å². The zero-order valence-electron chi connectivity index (χ0n) is 10.5. The minimum absolute atomic E-state index is 0.218. The summed E-state index contributed by atoms with van der Waals surface area (Å²) in [6.07, 6.45) is 5.78. The molecular formula is C13H24N2O2. The van der Waals surface area contributed by atoms with E-state index in [2.05, 4.69) is 11.5 Å². The zero-order chi connectivity index (χ0) is 12.7. The van der Waals surface area contributed by atoms with Crippen molar-refractivity contribution < 1.29 is 9.90 Å². The summed E-state index contributed by atoms with van der Waals surface area (Å²) in [6.45, 7) is 6.24. The zero-order valence-corrected chi connectivity index (χ0v) is 10.5. The molecule has 3 N–H and O–H groups in total. The first-order chi connectivity index (χ1) is 8.11. The molecule has 0 saturated carbocycles. The minimum atomic E-state index is -0.291. The number of amides is 1. The molecule has 1 rings (SSSR count). The number of aliphatic hydroxyl groups is 1. The lowest BCUT2D eigenvalue weighted by Crippen LogP contribution is -2.41. The van der Waals surface area contributed by atoms with Crippen LogP contribution in [0.25, 0.3) is 0 Å². The molecule has 2 unspecified atom stereocenters. The van der Waals surface area contributed by atoms with Crippen LogP contribution in [0.5, 0.6) is 0 Å². The summed E-state index contributed by atoms with van der Waals surface area (Å²) < 4.78 is 0. The molecule has 1 aliphatic rings. The maximum atomic E-state index is 10.9. The molecule has 0 radical (unpaired) electrons. The highest BCUT2D eigenvalue weighted by atomic mass is 16.3. The fourth-order valence-corrected chi connectivity index (χ4v) is 2.47. The van der Waals surface area contributed by atoms with Crippen LogP contribution in [0.15, 0.2) is 12.7 Å². The van der Waals surface area contributed by atoms with Crippen molar-refractivity contribution in [3.63, 3.8) is 0 Å². The summed E-state index contributed by atoms with van der Waals surface area (Å²) in [5, 5.41) is 9.82. The number of allylic oxidation sites excluding steroid dienone is 1. The standard InChI is InChI=1S/C13H24N2O2/c1-2-3-6-12(16)10-15-7-4-5-11(9-15)8-13(14)17/h2,11-12,16H,1,3-10H2,(H2,14,17). The Morgan fingerprint density at radius 1 is 1.65 bits per heavy atom. The average Bonchev–Trinajstić information content (AvgIpc) is 2.26. The van der Waals surface area contributed by atoms with Crippen molar-refractivity contribution in [3.8, 4) is 0 Å². The van der Waals surface area contributed by atoms with Gasteiger partial charge in [0.25, 0.3) is 0 Å². The third-order valence-corrected chi connectivity index (χ3v) is 3.27. The van der Waals surface area contributed by atoms with Crippen LogP contribution in [0.4, 0.5) is 0 Å². The second kappa shape index (κ2) is 7.45. The number of nitrogens with zero attached hydrogens (tertiary/aromatic N) is 1. The molecule has 0 aromatic carbocycles. The van der Waals surface area contributed by atoms with E-state index in [1.807, 2.05) is 6.08 Å². The van der Waals surface area contributed by atoms with Gasteiger partial charge in [0.05, 0.1) is 6.10 Å². The molecule has 1 aliphatic heterocycles. The Bertz CT molecular complexity index is 256. The highest BCUT2D eigenvalue weighted by Crippen LogP contribution is 2.19. The molecule has 0 aromatic heterocycles. The Balaban J connectivity index is 2.28. The van der Waals surface area contributed by atoms with Crippen molar-refractivity contribution >= 4 is 5.91 Å².